The number of carbonyl (C=O) groups is 2. The predicted molar refractivity (Wildman–Crippen MR) is 265 cm³/mol. The molecule has 27 atom stereocenters. The molecule has 22 nitrogen and oxygen atoms in total. The molecule has 5 saturated heterocycles. The zero-order valence-corrected chi connectivity index (χ0v) is 45.9. The second-order valence-electron chi connectivity index (χ2n) is 25.1. The van der Waals surface area contributed by atoms with Crippen LogP contribution in [0.4, 0.5) is 0 Å². The minimum atomic E-state index is -1.84. The lowest BCUT2D eigenvalue weighted by Crippen LogP contribution is -2.65. The topological polar surface area (TPSA) is 318 Å². The second kappa shape index (κ2) is 22.1. The lowest BCUT2D eigenvalue weighted by molar-refractivity contribution is -0.382. The SMILES string of the molecule is C=C(C)CCC[C@]1(C)OC(=O)[C@]23CC[C@@H]4C(=CC[C@H]5C(C)(C)[C@@H](O[C@@H]6OC[C@@H](O)[C@H](O)[C@H]6O[C@@H]6O[C@H](C)[C@@H](O[C@@H]7OC[C@@H](O)[C@H](O[C@@H]8O[C@H](CO)[C@@H](O)[C@H](OC)[C@H]8O)[C@H]7O)[C@H](O)[C@H]6O)CC[C@]45C)[C@]2(C)C[C@H](OC(C)=O)[C@@H]31. The van der Waals surface area contributed by atoms with Crippen LogP contribution in [0.5, 0.6) is 0 Å². The van der Waals surface area contributed by atoms with E-state index in [1.165, 1.54) is 26.5 Å². The summed E-state index contributed by atoms with van der Waals surface area (Å²) in [6.45, 7) is 18.5. The van der Waals surface area contributed by atoms with Gasteiger partial charge in [-0.1, -0.05) is 44.9 Å². The summed E-state index contributed by atoms with van der Waals surface area (Å²) in [7, 11) is 1.23. The molecule has 0 bridgehead atoms. The van der Waals surface area contributed by atoms with Gasteiger partial charge in [-0.25, -0.2) is 0 Å². The van der Waals surface area contributed by atoms with Crippen LogP contribution in [0.3, 0.4) is 0 Å². The Morgan fingerprint density at radius 1 is 0.753 bits per heavy atom. The minimum absolute atomic E-state index is 0.0825. The molecule has 9 N–H and O–H groups in total. The molecule has 438 valence electrons. The van der Waals surface area contributed by atoms with Crippen molar-refractivity contribution in [2.75, 3.05) is 26.9 Å². The molecule has 0 aromatic rings. The molecular formula is C55H86O22. The van der Waals surface area contributed by atoms with E-state index in [1.807, 2.05) is 13.8 Å². The number of rotatable bonds is 15. The van der Waals surface area contributed by atoms with Gasteiger partial charge in [0.25, 0.3) is 0 Å². The van der Waals surface area contributed by atoms with Crippen molar-refractivity contribution < 1.29 is 108 Å². The van der Waals surface area contributed by atoms with Crippen LogP contribution in [0.1, 0.15) is 113 Å². The van der Waals surface area contributed by atoms with Crippen LogP contribution < -0.4 is 0 Å². The highest BCUT2D eigenvalue weighted by atomic mass is 16.8. The van der Waals surface area contributed by atoms with Gasteiger partial charge in [0, 0.05) is 19.4 Å². The van der Waals surface area contributed by atoms with Crippen LogP contribution in [-0.4, -0.2) is 213 Å². The van der Waals surface area contributed by atoms with E-state index >= 15 is 0 Å². The van der Waals surface area contributed by atoms with Gasteiger partial charge in [-0.15, -0.1) is 6.58 Å². The fourth-order valence-corrected chi connectivity index (χ4v) is 16.1. The molecule has 0 amide bonds. The third-order valence-electron chi connectivity index (χ3n) is 20.0. The zero-order chi connectivity index (χ0) is 56.1. The van der Waals surface area contributed by atoms with Crippen LogP contribution in [0, 0.1) is 39.4 Å². The maximum atomic E-state index is 14.6. The summed E-state index contributed by atoms with van der Waals surface area (Å²) in [5.74, 6) is -0.690. The maximum absolute atomic E-state index is 14.6. The van der Waals surface area contributed by atoms with Crippen LogP contribution in [-0.2, 0) is 61.7 Å². The Morgan fingerprint density at radius 3 is 2.08 bits per heavy atom. The molecular weight excluding hydrogens is 1010 g/mol. The number of fused-ring (bicyclic) bond motifs is 4. The van der Waals surface area contributed by atoms with Crippen molar-refractivity contribution in [1.29, 1.82) is 0 Å². The maximum Gasteiger partial charge on any atom is 0.314 e. The van der Waals surface area contributed by atoms with Gasteiger partial charge >= 0.3 is 11.9 Å². The van der Waals surface area contributed by atoms with E-state index in [2.05, 4.69) is 40.3 Å². The molecule has 22 heteroatoms. The quantitative estimate of drug-likeness (QED) is 0.0809. The van der Waals surface area contributed by atoms with E-state index in [1.54, 1.807) is 0 Å². The fourth-order valence-electron chi connectivity index (χ4n) is 16.1. The third-order valence-corrected chi connectivity index (χ3v) is 20.0. The molecule has 0 unspecified atom stereocenters. The van der Waals surface area contributed by atoms with E-state index < -0.39 is 158 Å². The molecule has 9 rings (SSSR count). The van der Waals surface area contributed by atoms with Crippen molar-refractivity contribution in [3.63, 3.8) is 0 Å². The van der Waals surface area contributed by atoms with E-state index in [9.17, 15) is 55.5 Å². The van der Waals surface area contributed by atoms with E-state index in [4.69, 9.17) is 52.1 Å². The number of aliphatic hydroxyl groups excluding tert-OH is 9. The molecule has 1 spiro atoms. The summed E-state index contributed by atoms with van der Waals surface area (Å²) >= 11 is 0. The first-order valence-corrected chi connectivity index (χ1v) is 27.7. The highest BCUT2D eigenvalue weighted by Crippen LogP contribution is 2.77. The number of hydrogen-bond acceptors (Lipinski definition) is 22. The summed E-state index contributed by atoms with van der Waals surface area (Å²) in [5.41, 5.74) is -0.727. The van der Waals surface area contributed by atoms with E-state index in [0.29, 0.717) is 32.1 Å². The van der Waals surface area contributed by atoms with Gasteiger partial charge in [0.2, 0.25) is 0 Å². The Hall–Kier alpha value is -2.30. The van der Waals surface area contributed by atoms with Crippen molar-refractivity contribution in [1.82, 2.24) is 0 Å². The molecule has 4 aliphatic carbocycles. The van der Waals surface area contributed by atoms with Crippen molar-refractivity contribution in [2.45, 2.75) is 242 Å². The van der Waals surface area contributed by atoms with Crippen molar-refractivity contribution in [3.8, 4) is 0 Å². The molecule has 9 aliphatic rings. The molecule has 77 heavy (non-hydrogen) atoms. The Labute approximate surface area is 450 Å². The molecule has 0 aromatic carbocycles. The summed E-state index contributed by atoms with van der Waals surface area (Å²) in [5, 5.41) is 98.7. The Balaban J connectivity index is 0.874. The number of allylic oxidation sites excluding steroid dienone is 3. The first-order valence-electron chi connectivity index (χ1n) is 27.7. The van der Waals surface area contributed by atoms with Crippen molar-refractivity contribution in [2.24, 2.45) is 39.4 Å². The molecule has 0 aromatic heterocycles. The number of hydrogen-bond donors (Lipinski definition) is 9. The number of esters is 2. The standard InChI is InChI=1S/C55H86O22/c1-24(2)12-11-17-54(9)45-31(71-26(4)57)20-53(8)28-13-14-33-51(5,6)34(16-18-52(33,7)27(28)15-19-55(45,53)50(66)77-54)73-49-44(35(60)29(58)22-69-49)76-47-38(63)37(62)41(25(3)70-47)74-46-39(64)42(30(59)23-68-46)75-48-40(65)43(67-10)36(61)32(21-56)72-48/h13,25,27,29-49,56,58-65H,1,11-12,14-23H2,2-10H3/t25-,27-,29-,30-,31+,32-,33+,34+,35+,36-,37-,38-,39-,40-,41-,42+,43+,44-,45-,46+,47+,48+,49+,52-,53+,54+,55-/m1/s1. The van der Waals surface area contributed by atoms with Gasteiger partial charge in [0.05, 0.1) is 43.4 Å². The lowest BCUT2D eigenvalue weighted by Gasteiger charge is -2.63. The Morgan fingerprint density at radius 2 is 1.40 bits per heavy atom. The van der Waals surface area contributed by atoms with Gasteiger partial charge in [0.1, 0.15) is 91.1 Å². The monoisotopic (exact) mass is 1100 g/mol. The fraction of sp³-hybridized carbons (Fsp3) is 0.891. The molecule has 5 heterocycles. The third kappa shape index (κ3) is 9.99. The highest BCUT2D eigenvalue weighted by molar-refractivity contribution is 5.84. The summed E-state index contributed by atoms with van der Waals surface area (Å²) in [6, 6.07) is 0. The summed E-state index contributed by atoms with van der Waals surface area (Å²) < 4.78 is 66.0. The number of carbonyl (C=O) groups excluding carboxylic acids is 2. The normalized spacial score (nSPS) is 51.3. The van der Waals surface area contributed by atoms with Gasteiger partial charge in [-0.3, -0.25) is 9.59 Å². The van der Waals surface area contributed by atoms with Gasteiger partial charge < -0.3 is 98.1 Å². The van der Waals surface area contributed by atoms with Gasteiger partial charge in [-0.2, -0.15) is 0 Å². The average molecular weight is 1100 g/mol. The van der Waals surface area contributed by atoms with Gasteiger partial charge in [0.15, 0.2) is 25.2 Å². The second-order valence-corrected chi connectivity index (χ2v) is 25.1. The van der Waals surface area contributed by atoms with E-state index in [-0.39, 0.29) is 41.7 Å². The lowest BCUT2D eigenvalue weighted by atomic mass is 9.41. The van der Waals surface area contributed by atoms with Gasteiger partial charge in [-0.05, 0) is 101 Å². The van der Waals surface area contributed by atoms with Crippen molar-refractivity contribution >= 4 is 11.9 Å². The van der Waals surface area contributed by atoms with Crippen LogP contribution in [0.25, 0.3) is 0 Å². The molecule has 5 aliphatic heterocycles. The van der Waals surface area contributed by atoms with Crippen LogP contribution in [0.2, 0.25) is 0 Å². The molecule has 3 saturated carbocycles. The number of ether oxygens (including phenoxy) is 11. The summed E-state index contributed by atoms with van der Waals surface area (Å²) in [4.78, 5) is 27.4. The Bertz CT molecular complexity index is 2180. The number of aliphatic hydroxyl groups is 9. The predicted octanol–water partition coefficient (Wildman–Crippen LogP) is 0.793. The first kappa shape index (κ1) is 59.3. The Kier molecular flexibility index (Phi) is 17.0. The smallest absolute Gasteiger partial charge is 0.314 e. The average Bonchev–Trinajstić information content (AvgIpc) is 3.98. The summed E-state index contributed by atoms with van der Waals surface area (Å²) in [6.07, 6.45) is -19.3. The molecule has 8 fully saturated rings. The largest absolute Gasteiger partial charge is 0.462 e. The highest BCUT2D eigenvalue weighted by Gasteiger charge is 2.79. The molecule has 0 radical (unpaired) electrons. The minimum Gasteiger partial charge on any atom is -0.462 e. The number of cyclic esters (lactones) is 1. The van der Waals surface area contributed by atoms with Crippen molar-refractivity contribution in [3.05, 3.63) is 23.8 Å². The van der Waals surface area contributed by atoms with Crippen LogP contribution in [0.15, 0.2) is 23.8 Å². The zero-order valence-electron chi connectivity index (χ0n) is 45.9. The first-order chi connectivity index (χ1) is 36.2. The van der Waals surface area contributed by atoms with Crippen LogP contribution >= 0.6 is 0 Å². The van der Waals surface area contributed by atoms with E-state index in [0.717, 1.165) is 31.3 Å². The number of methoxy groups -OCH3 is 1.